The topological polar surface area (TPSA) is 75.3 Å². The molecule has 2 aromatic carbocycles. The summed E-state index contributed by atoms with van der Waals surface area (Å²) >= 11 is 0. The molecule has 0 aromatic heterocycles. The molecule has 0 aliphatic rings. The second-order valence-electron chi connectivity index (χ2n) is 4.52. The second-order valence-corrected chi connectivity index (χ2v) is 4.52. The van der Waals surface area contributed by atoms with Crippen LogP contribution in [0.4, 0.5) is 11.4 Å². The monoisotopic (exact) mass is 256 g/mol. The molecule has 0 saturated carbocycles. The van der Waals surface area contributed by atoms with Crippen molar-refractivity contribution in [2.45, 2.75) is 13.8 Å². The highest BCUT2D eigenvalue weighted by atomic mass is 16.3. The van der Waals surface area contributed by atoms with Gasteiger partial charge in [-0.25, -0.2) is 0 Å². The number of carbonyl (C=O) groups excluding carboxylic acids is 1. The molecule has 0 bridgehead atoms. The largest absolute Gasteiger partial charge is 0.508 e. The third-order valence-electron chi connectivity index (χ3n) is 2.99. The average molecular weight is 256 g/mol. The molecule has 0 aliphatic carbocycles. The zero-order valence-corrected chi connectivity index (χ0v) is 10.9. The van der Waals surface area contributed by atoms with Gasteiger partial charge in [0.2, 0.25) is 0 Å². The molecule has 1 amide bonds. The van der Waals surface area contributed by atoms with Crippen LogP contribution in [0.3, 0.4) is 0 Å². The van der Waals surface area contributed by atoms with Crippen molar-refractivity contribution in [3.63, 3.8) is 0 Å². The first-order valence-electron chi connectivity index (χ1n) is 5.94. The Morgan fingerprint density at radius 2 is 1.84 bits per heavy atom. The van der Waals surface area contributed by atoms with Crippen LogP contribution in [0.1, 0.15) is 21.5 Å². The minimum atomic E-state index is -0.222. The number of aryl methyl sites for hydroxylation is 2. The van der Waals surface area contributed by atoms with Crippen LogP contribution in [-0.4, -0.2) is 11.0 Å². The lowest BCUT2D eigenvalue weighted by atomic mass is 10.1. The Morgan fingerprint density at radius 3 is 2.47 bits per heavy atom. The SMILES string of the molecule is Cc1ccc(NC(=O)c2ccc(O)cc2C)cc1N. The van der Waals surface area contributed by atoms with E-state index in [1.807, 2.05) is 13.0 Å². The van der Waals surface area contributed by atoms with Gasteiger partial charge in [-0.3, -0.25) is 4.79 Å². The number of hydrogen-bond acceptors (Lipinski definition) is 3. The van der Waals surface area contributed by atoms with E-state index < -0.39 is 0 Å². The van der Waals surface area contributed by atoms with Crippen LogP contribution in [0.5, 0.6) is 5.75 Å². The number of aromatic hydroxyl groups is 1. The lowest BCUT2D eigenvalue weighted by Crippen LogP contribution is -2.13. The summed E-state index contributed by atoms with van der Waals surface area (Å²) in [6.45, 7) is 3.68. The van der Waals surface area contributed by atoms with Gasteiger partial charge in [0.1, 0.15) is 5.75 Å². The van der Waals surface area contributed by atoms with Crippen LogP contribution in [-0.2, 0) is 0 Å². The predicted octanol–water partition coefficient (Wildman–Crippen LogP) is 2.84. The summed E-state index contributed by atoms with van der Waals surface area (Å²) in [4.78, 5) is 12.1. The number of anilines is 2. The van der Waals surface area contributed by atoms with Gasteiger partial charge in [-0.05, 0) is 55.3 Å². The molecular weight excluding hydrogens is 240 g/mol. The summed E-state index contributed by atoms with van der Waals surface area (Å²) in [5.74, 6) is -0.0746. The molecule has 98 valence electrons. The second kappa shape index (κ2) is 5.02. The molecule has 4 nitrogen and oxygen atoms in total. The van der Waals surface area contributed by atoms with E-state index in [0.29, 0.717) is 16.9 Å². The first kappa shape index (κ1) is 13.0. The Bertz CT molecular complexity index is 636. The number of amides is 1. The molecule has 0 spiro atoms. The van der Waals surface area contributed by atoms with Crippen molar-refractivity contribution in [3.8, 4) is 5.75 Å². The molecule has 0 fully saturated rings. The van der Waals surface area contributed by atoms with Gasteiger partial charge in [0.15, 0.2) is 0 Å². The molecule has 0 saturated heterocycles. The lowest BCUT2D eigenvalue weighted by Gasteiger charge is -2.09. The third kappa shape index (κ3) is 2.85. The van der Waals surface area contributed by atoms with Crippen LogP contribution in [0.25, 0.3) is 0 Å². The van der Waals surface area contributed by atoms with Crippen molar-refractivity contribution in [3.05, 3.63) is 53.1 Å². The summed E-state index contributed by atoms with van der Waals surface area (Å²) in [7, 11) is 0. The van der Waals surface area contributed by atoms with Crippen molar-refractivity contribution >= 4 is 17.3 Å². The highest BCUT2D eigenvalue weighted by Crippen LogP contribution is 2.20. The van der Waals surface area contributed by atoms with Gasteiger partial charge in [-0.2, -0.15) is 0 Å². The number of benzene rings is 2. The van der Waals surface area contributed by atoms with Gasteiger partial charge in [-0.1, -0.05) is 6.07 Å². The molecule has 4 N–H and O–H groups in total. The number of hydrogen-bond donors (Lipinski definition) is 3. The lowest BCUT2D eigenvalue weighted by molar-refractivity contribution is 0.102. The minimum Gasteiger partial charge on any atom is -0.508 e. The molecule has 2 aromatic rings. The van der Waals surface area contributed by atoms with Crippen LogP contribution in [0.15, 0.2) is 36.4 Å². The van der Waals surface area contributed by atoms with Crippen LogP contribution in [0.2, 0.25) is 0 Å². The van der Waals surface area contributed by atoms with E-state index in [0.717, 1.165) is 11.1 Å². The van der Waals surface area contributed by atoms with Gasteiger partial charge >= 0.3 is 0 Å². The fourth-order valence-corrected chi connectivity index (χ4v) is 1.82. The van der Waals surface area contributed by atoms with E-state index in [9.17, 15) is 9.90 Å². The van der Waals surface area contributed by atoms with Crippen molar-refractivity contribution in [1.29, 1.82) is 0 Å². The van der Waals surface area contributed by atoms with E-state index in [-0.39, 0.29) is 11.7 Å². The maximum absolute atomic E-state index is 12.1. The third-order valence-corrected chi connectivity index (χ3v) is 2.99. The zero-order valence-electron chi connectivity index (χ0n) is 10.9. The maximum Gasteiger partial charge on any atom is 0.255 e. The number of phenolic OH excluding ortho intramolecular Hbond substituents is 1. The Balaban J connectivity index is 2.23. The molecule has 0 atom stereocenters. The highest BCUT2D eigenvalue weighted by Gasteiger charge is 2.10. The number of nitrogen functional groups attached to an aromatic ring is 1. The van der Waals surface area contributed by atoms with Crippen LogP contribution in [0, 0.1) is 13.8 Å². The van der Waals surface area contributed by atoms with E-state index in [4.69, 9.17) is 5.73 Å². The fourth-order valence-electron chi connectivity index (χ4n) is 1.82. The van der Waals surface area contributed by atoms with E-state index >= 15 is 0 Å². The number of phenols is 1. The van der Waals surface area contributed by atoms with Gasteiger partial charge < -0.3 is 16.2 Å². The quantitative estimate of drug-likeness (QED) is 0.723. The normalized spacial score (nSPS) is 10.2. The van der Waals surface area contributed by atoms with Gasteiger partial charge in [0, 0.05) is 16.9 Å². The van der Waals surface area contributed by atoms with Crippen molar-refractivity contribution in [1.82, 2.24) is 0 Å². The molecule has 4 heteroatoms. The molecule has 0 unspecified atom stereocenters. The molecular formula is C15H16N2O2. The van der Waals surface area contributed by atoms with Crippen molar-refractivity contribution in [2.24, 2.45) is 0 Å². The zero-order chi connectivity index (χ0) is 14.0. The van der Waals surface area contributed by atoms with E-state index in [2.05, 4.69) is 5.32 Å². The number of carbonyl (C=O) groups is 1. The Labute approximate surface area is 111 Å². The summed E-state index contributed by atoms with van der Waals surface area (Å²) in [6, 6.07) is 10.0. The summed E-state index contributed by atoms with van der Waals surface area (Å²) < 4.78 is 0. The first-order valence-corrected chi connectivity index (χ1v) is 5.94. The van der Waals surface area contributed by atoms with E-state index in [1.54, 1.807) is 31.2 Å². The van der Waals surface area contributed by atoms with Crippen molar-refractivity contribution < 1.29 is 9.90 Å². The predicted molar refractivity (Wildman–Crippen MR) is 76.4 cm³/mol. The molecule has 0 radical (unpaired) electrons. The van der Waals surface area contributed by atoms with Crippen molar-refractivity contribution in [2.75, 3.05) is 11.1 Å². The molecule has 2 rings (SSSR count). The number of nitrogens with one attached hydrogen (secondary N) is 1. The Hall–Kier alpha value is -2.49. The number of rotatable bonds is 2. The minimum absolute atomic E-state index is 0.147. The fraction of sp³-hybridized carbons (Fsp3) is 0.133. The summed E-state index contributed by atoms with van der Waals surface area (Å²) in [6.07, 6.45) is 0. The Kier molecular flexibility index (Phi) is 3.42. The smallest absolute Gasteiger partial charge is 0.255 e. The van der Waals surface area contributed by atoms with Crippen LogP contribution >= 0.6 is 0 Å². The standard InChI is InChI=1S/C15H16N2O2/c1-9-3-4-11(8-14(9)16)17-15(19)13-6-5-12(18)7-10(13)2/h3-8,18H,16H2,1-2H3,(H,17,19). The average Bonchev–Trinajstić information content (AvgIpc) is 2.33. The molecule has 0 heterocycles. The molecule has 0 aliphatic heterocycles. The van der Waals surface area contributed by atoms with Crippen LogP contribution < -0.4 is 11.1 Å². The number of nitrogens with two attached hydrogens (primary N) is 1. The van der Waals surface area contributed by atoms with Gasteiger partial charge in [0.05, 0.1) is 0 Å². The highest BCUT2D eigenvalue weighted by molar-refractivity contribution is 6.05. The molecule has 19 heavy (non-hydrogen) atoms. The maximum atomic E-state index is 12.1. The Morgan fingerprint density at radius 1 is 1.11 bits per heavy atom. The summed E-state index contributed by atoms with van der Waals surface area (Å²) in [5, 5.41) is 12.1. The first-order chi connectivity index (χ1) is 8.97. The summed E-state index contributed by atoms with van der Waals surface area (Å²) in [5.41, 5.74) is 9.31. The van der Waals surface area contributed by atoms with Gasteiger partial charge in [0.25, 0.3) is 5.91 Å². The van der Waals surface area contributed by atoms with E-state index in [1.165, 1.54) is 6.07 Å². The van der Waals surface area contributed by atoms with Gasteiger partial charge in [-0.15, -0.1) is 0 Å².